The van der Waals surface area contributed by atoms with Gasteiger partial charge in [0.05, 0.1) is 5.75 Å². The number of hydrogen-bond acceptors (Lipinski definition) is 3. The maximum Gasteiger partial charge on any atom is 0.214 e. The minimum absolute atomic E-state index is 0.135. The van der Waals surface area contributed by atoms with Gasteiger partial charge in [0.1, 0.15) is 0 Å². The molecule has 1 aromatic carbocycles. The maximum atomic E-state index is 12.2. The first-order valence-electron chi connectivity index (χ1n) is 6.96. The molecule has 0 aliphatic heterocycles. The Hall–Kier alpha value is -1.72. The molecule has 0 saturated carbocycles. The monoisotopic (exact) mass is 304 g/mol. The number of pyridine rings is 1. The Balaban J connectivity index is 1.87. The lowest BCUT2D eigenvalue weighted by Gasteiger charge is -2.16. The summed E-state index contributed by atoms with van der Waals surface area (Å²) in [6, 6.07) is 15.3. The van der Waals surface area contributed by atoms with Crippen LogP contribution in [0.2, 0.25) is 0 Å². The van der Waals surface area contributed by atoms with Crippen molar-refractivity contribution in [2.24, 2.45) is 0 Å². The Morgan fingerprint density at radius 3 is 2.38 bits per heavy atom. The molecule has 2 aromatic rings. The van der Waals surface area contributed by atoms with Gasteiger partial charge in [0, 0.05) is 31.9 Å². The zero-order chi connectivity index (χ0) is 15.1. The van der Waals surface area contributed by atoms with Gasteiger partial charge < -0.3 is 0 Å². The second kappa shape index (κ2) is 7.33. The molecule has 2 rings (SSSR count). The molecular weight excluding hydrogens is 284 g/mol. The maximum absolute atomic E-state index is 12.2. The van der Waals surface area contributed by atoms with Crippen LogP contribution in [0.1, 0.15) is 11.3 Å². The van der Waals surface area contributed by atoms with Gasteiger partial charge in [-0.05, 0) is 24.1 Å². The van der Waals surface area contributed by atoms with Gasteiger partial charge in [0.2, 0.25) is 10.0 Å². The second-order valence-electron chi connectivity index (χ2n) is 4.94. The number of aryl methyl sites for hydroxylation is 1. The molecule has 1 aromatic heterocycles. The van der Waals surface area contributed by atoms with Gasteiger partial charge in [-0.2, -0.15) is 0 Å². The first-order chi connectivity index (χ1) is 10.1. The van der Waals surface area contributed by atoms with E-state index in [0.29, 0.717) is 19.4 Å². The van der Waals surface area contributed by atoms with Crippen LogP contribution in [0.3, 0.4) is 0 Å². The second-order valence-corrected chi connectivity index (χ2v) is 7.14. The summed E-state index contributed by atoms with van der Waals surface area (Å²) in [4.78, 5) is 4.20. The van der Waals surface area contributed by atoms with Gasteiger partial charge >= 0.3 is 0 Å². The SMILES string of the molecule is CN(CCc1ccccn1)S(=O)(=O)CCc1ccccc1. The molecule has 0 bridgehead atoms. The number of hydrogen-bond donors (Lipinski definition) is 0. The van der Waals surface area contributed by atoms with E-state index in [-0.39, 0.29) is 5.75 Å². The third kappa shape index (κ3) is 4.95. The van der Waals surface area contributed by atoms with E-state index in [1.54, 1.807) is 13.2 Å². The van der Waals surface area contributed by atoms with Crippen molar-refractivity contribution in [1.29, 1.82) is 0 Å². The lowest BCUT2D eigenvalue weighted by Crippen LogP contribution is -2.31. The third-order valence-corrected chi connectivity index (χ3v) is 5.23. The predicted octanol–water partition coefficient (Wildman–Crippen LogP) is 2.13. The average molecular weight is 304 g/mol. The number of likely N-dealkylation sites (N-methyl/N-ethyl adjacent to an activating group) is 1. The van der Waals surface area contributed by atoms with E-state index in [1.807, 2.05) is 48.5 Å². The Kier molecular flexibility index (Phi) is 5.47. The van der Waals surface area contributed by atoms with Gasteiger partial charge in [0.15, 0.2) is 0 Å². The fraction of sp³-hybridized carbons (Fsp3) is 0.312. The topological polar surface area (TPSA) is 50.3 Å². The van der Waals surface area contributed by atoms with E-state index in [0.717, 1.165) is 11.3 Å². The molecule has 0 saturated heterocycles. The van der Waals surface area contributed by atoms with Crippen molar-refractivity contribution in [2.75, 3.05) is 19.3 Å². The molecular formula is C16H20N2O2S. The molecule has 112 valence electrons. The fourth-order valence-corrected chi connectivity index (χ4v) is 3.18. The van der Waals surface area contributed by atoms with Gasteiger partial charge in [-0.3, -0.25) is 4.98 Å². The molecule has 0 aliphatic carbocycles. The van der Waals surface area contributed by atoms with Crippen molar-refractivity contribution in [1.82, 2.24) is 9.29 Å². The van der Waals surface area contributed by atoms with E-state index in [1.165, 1.54) is 4.31 Å². The molecule has 0 fully saturated rings. The third-order valence-electron chi connectivity index (χ3n) is 3.38. The van der Waals surface area contributed by atoms with Crippen LogP contribution in [0, 0.1) is 0 Å². The van der Waals surface area contributed by atoms with Crippen molar-refractivity contribution in [3.05, 3.63) is 66.0 Å². The fourth-order valence-electron chi connectivity index (χ4n) is 2.00. The normalized spacial score (nSPS) is 11.7. The highest BCUT2D eigenvalue weighted by Gasteiger charge is 2.17. The molecule has 0 atom stereocenters. The van der Waals surface area contributed by atoms with E-state index in [9.17, 15) is 8.42 Å². The first kappa shape index (κ1) is 15.7. The quantitative estimate of drug-likeness (QED) is 0.787. The summed E-state index contributed by atoms with van der Waals surface area (Å²) >= 11 is 0. The smallest absolute Gasteiger partial charge is 0.214 e. The molecule has 0 unspecified atom stereocenters. The molecule has 0 aliphatic rings. The molecule has 1 heterocycles. The van der Waals surface area contributed by atoms with Gasteiger partial charge in [-0.15, -0.1) is 0 Å². The zero-order valence-corrected chi connectivity index (χ0v) is 13.0. The molecule has 4 nitrogen and oxygen atoms in total. The summed E-state index contributed by atoms with van der Waals surface area (Å²) in [5.41, 5.74) is 1.95. The van der Waals surface area contributed by atoms with E-state index in [4.69, 9.17) is 0 Å². The highest BCUT2D eigenvalue weighted by molar-refractivity contribution is 7.89. The van der Waals surface area contributed by atoms with Gasteiger partial charge in [-0.1, -0.05) is 36.4 Å². The van der Waals surface area contributed by atoms with E-state index in [2.05, 4.69) is 4.98 Å². The minimum Gasteiger partial charge on any atom is -0.261 e. The standard InChI is InChI=1S/C16H20N2O2S/c1-18(13-10-16-9-5-6-12-17-16)21(19,20)14-11-15-7-3-2-4-8-15/h2-9,12H,10-11,13-14H2,1H3. The lowest BCUT2D eigenvalue weighted by atomic mass is 10.2. The molecule has 0 amide bonds. The average Bonchev–Trinajstić information content (AvgIpc) is 2.52. The largest absolute Gasteiger partial charge is 0.261 e. The Morgan fingerprint density at radius 2 is 1.71 bits per heavy atom. The summed E-state index contributed by atoms with van der Waals surface area (Å²) in [7, 11) is -1.59. The predicted molar refractivity (Wildman–Crippen MR) is 84.5 cm³/mol. The van der Waals surface area contributed by atoms with Crippen molar-refractivity contribution in [3.63, 3.8) is 0 Å². The van der Waals surface area contributed by atoms with Crippen LogP contribution >= 0.6 is 0 Å². The number of sulfonamides is 1. The van der Waals surface area contributed by atoms with E-state index < -0.39 is 10.0 Å². The molecule has 5 heteroatoms. The number of rotatable bonds is 7. The molecule has 0 radical (unpaired) electrons. The van der Waals surface area contributed by atoms with Crippen molar-refractivity contribution in [3.8, 4) is 0 Å². The Bertz CT molecular complexity index is 642. The van der Waals surface area contributed by atoms with E-state index >= 15 is 0 Å². The van der Waals surface area contributed by atoms with Crippen molar-refractivity contribution >= 4 is 10.0 Å². The molecule has 21 heavy (non-hydrogen) atoms. The van der Waals surface area contributed by atoms with Crippen LogP contribution in [0.5, 0.6) is 0 Å². The Morgan fingerprint density at radius 1 is 1.00 bits per heavy atom. The number of nitrogens with zero attached hydrogens (tertiary/aromatic N) is 2. The number of benzene rings is 1. The van der Waals surface area contributed by atoms with Crippen LogP contribution < -0.4 is 0 Å². The highest BCUT2D eigenvalue weighted by Crippen LogP contribution is 2.06. The summed E-state index contributed by atoms with van der Waals surface area (Å²) in [6.45, 7) is 0.453. The zero-order valence-electron chi connectivity index (χ0n) is 12.1. The summed E-state index contributed by atoms with van der Waals surface area (Å²) in [5, 5.41) is 0. The van der Waals surface area contributed by atoms with Crippen LogP contribution in [0.4, 0.5) is 0 Å². The molecule has 0 N–H and O–H groups in total. The first-order valence-corrected chi connectivity index (χ1v) is 8.57. The van der Waals surface area contributed by atoms with Crippen molar-refractivity contribution < 1.29 is 8.42 Å². The lowest BCUT2D eigenvalue weighted by molar-refractivity contribution is 0.470. The van der Waals surface area contributed by atoms with Gasteiger partial charge in [0.25, 0.3) is 0 Å². The van der Waals surface area contributed by atoms with Crippen LogP contribution in [-0.4, -0.2) is 37.1 Å². The number of aromatic nitrogens is 1. The summed E-state index contributed by atoms with van der Waals surface area (Å²) in [6.07, 6.45) is 2.89. The minimum atomic E-state index is -3.22. The summed E-state index contributed by atoms with van der Waals surface area (Å²) < 4.78 is 25.9. The Labute approximate surface area is 126 Å². The van der Waals surface area contributed by atoms with Gasteiger partial charge in [-0.25, -0.2) is 12.7 Å². The highest BCUT2D eigenvalue weighted by atomic mass is 32.2. The van der Waals surface area contributed by atoms with Crippen LogP contribution in [0.25, 0.3) is 0 Å². The van der Waals surface area contributed by atoms with Crippen molar-refractivity contribution in [2.45, 2.75) is 12.8 Å². The molecule has 0 spiro atoms. The summed E-state index contributed by atoms with van der Waals surface area (Å²) in [5.74, 6) is 0.135. The van der Waals surface area contributed by atoms with Crippen LogP contribution in [0.15, 0.2) is 54.7 Å². The van der Waals surface area contributed by atoms with Crippen LogP contribution in [-0.2, 0) is 22.9 Å².